The van der Waals surface area contributed by atoms with Crippen molar-refractivity contribution in [3.63, 3.8) is 0 Å². The molecule has 1 atom stereocenters. The fourth-order valence-electron chi connectivity index (χ4n) is 1.95. The number of hydrogen-bond donors (Lipinski definition) is 0. The summed E-state index contributed by atoms with van der Waals surface area (Å²) in [5.41, 5.74) is 0.998. The van der Waals surface area contributed by atoms with Gasteiger partial charge in [-0.2, -0.15) is 0 Å². The molecule has 1 unspecified atom stereocenters. The predicted octanol–water partition coefficient (Wildman–Crippen LogP) is 3.66. The number of halogens is 2. The van der Waals surface area contributed by atoms with Gasteiger partial charge < -0.3 is 14.2 Å². The van der Waals surface area contributed by atoms with Crippen LogP contribution in [0.1, 0.15) is 12.0 Å². The Bertz CT molecular complexity index is 380. The monoisotopic (exact) mass is 334 g/mol. The van der Waals surface area contributed by atoms with Gasteiger partial charge in [0.05, 0.1) is 20.3 Å². The van der Waals surface area contributed by atoms with Crippen molar-refractivity contribution < 1.29 is 14.2 Å². The van der Waals surface area contributed by atoms with Gasteiger partial charge in [0.2, 0.25) is 0 Å². The summed E-state index contributed by atoms with van der Waals surface area (Å²) in [7, 11) is 1.62. The molecule has 5 heteroatoms. The van der Waals surface area contributed by atoms with Crippen molar-refractivity contribution in [3.8, 4) is 11.5 Å². The Kier molecular flexibility index (Phi) is 5.15. The van der Waals surface area contributed by atoms with E-state index in [9.17, 15) is 0 Å². The van der Waals surface area contributed by atoms with E-state index in [0.717, 1.165) is 30.9 Å². The third-order valence-electron chi connectivity index (χ3n) is 2.95. The molecular weight excluding hydrogens is 319 g/mol. The maximum Gasteiger partial charge on any atom is 0.165 e. The van der Waals surface area contributed by atoms with Crippen LogP contribution in [0, 0.1) is 5.92 Å². The van der Waals surface area contributed by atoms with Crippen LogP contribution in [0.15, 0.2) is 12.1 Å². The van der Waals surface area contributed by atoms with Crippen LogP contribution in [0.5, 0.6) is 11.5 Å². The van der Waals surface area contributed by atoms with Crippen molar-refractivity contribution in [1.82, 2.24) is 0 Å². The van der Waals surface area contributed by atoms with E-state index in [1.54, 1.807) is 13.2 Å². The molecule has 18 heavy (non-hydrogen) atoms. The van der Waals surface area contributed by atoms with E-state index in [4.69, 9.17) is 25.8 Å². The van der Waals surface area contributed by atoms with Crippen molar-refractivity contribution in [2.24, 2.45) is 5.92 Å². The van der Waals surface area contributed by atoms with Gasteiger partial charge in [-0.1, -0.05) is 27.5 Å². The Balaban J connectivity index is 2.13. The molecule has 1 aromatic rings. The van der Waals surface area contributed by atoms with Gasteiger partial charge in [-0.3, -0.25) is 0 Å². The minimum absolute atomic E-state index is 0.466. The van der Waals surface area contributed by atoms with Crippen LogP contribution in [0.2, 0.25) is 5.02 Å². The summed E-state index contributed by atoms with van der Waals surface area (Å²) in [5, 5.41) is 1.33. The molecule has 1 aromatic carbocycles. The van der Waals surface area contributed by atoms with E-state index in [0.29, 0.717) is 28.6 Å². The SMILES string of the molecule is COc1cc(Cl)cc(CBr)c1OCC1CCOC1. The maximum absolute atomic E-state index is 6.03. The molecule has 1 aliphatic heterocycles. The molecule has 1 heterocycles. The van der Waals surface area contributed by atoms with Gasteiger partial charge in [-0.15, -0.1) is 0 Å². The zero-order valence-corrected chi connectivity index (χ0v) is 12.6. The summed E-state index contributed by atoms with van der Waals surface area (Å²) in [6, 6.07) is 3.66. The molecule has 0 N–H and O–H groups in total. The molecule has 0 spiro atoms. The van der Waals surface area contributed by atoms with E-state index >= 15 is 0 Å². The first-order valence-corrected chi connectivity index (χ1v) is 7.37. The Labute approximate surface area is 120 Å². The maximum atomic E-state index is 6.03. The average Bonchev–Trinajstić information content (AvgIpc) is 2.89. The predicted molar refractivity (Wildman–Crippen MR) is 75.1 cm³/mol. The second kappa shape index (κ2) is 6.64. The van der Waals surface area contributed by atoms with Crippen LogP contribution in [0.4, 0.5) is 0 Å². The Morgan fingerprint density at radius 2 is 2.33 bits per heavy atom. The van der Waals surface area contributed by atoms with Crippen molar-refractivity contribution in [2.45, 2.75) is 11.8 Å². The van der Waals surface area contributed by atoms with E-state index in [1.165, 1.54) is 0 Å². The molecular formula is C13H16BrClO3. The normalized spacial score (nSPS) is 18.9. The first-order chi connectivity index (χ1) is 8.74. The highest BCUT2D eigenvalue weighted by atomic mass is 79.9. The van der Waals surface area contributed by atoms with Crippen molar-refractivity contribution in [2.75, 3.05) is 26.9 Å². The molecule has 2 rings (SSSR count). The van der Waals surface area contributed by atoms with Crippen molar-refractivity contribution >= 4 is 27.5 Å². The lowest BCUT2D eigenvalue weighted by Gasteiger charge is -2.16. The Morgan fingerprint density at radius 3 is 2.94 bits per heavy atom. The van der Waals surface area contributed by atoms with Gasteiger partial charge in [0.25, 0.3) is 0 Å². The summed E-state index contributed by atoms with van der Waals surface area (Å²) in [4.78, 5) is 0. The molecule has 0 bridgehead atoms. The lowest BCUT2D eigenvalue weighted by atomic mass is 10.1. The molecule has 0 aromatic heterocycles. The van der Waals surface area contributed by atoms with Gasteiger partial charge in [-0.25, -0.2) is 0 Å². The average molecular weight is 336 g/mol. The van der Waals surface area contributed by atoms with Crippen LogP contribution in [-0.4, -0.2) is 26.9 Å². The smallest absolute Gasteiger partial charge is 0.165 e. The van der Waals surface area contributed by atoms with E-state index < -0.39 is 0 Å². The van der Waals surface area contributed by atoms with E-state index in [1.807, 2.05) is 6.07 Å². The highest BCUT2D eigenvalue weighted by Crippen LogP contribution is 2.36. The standard InChI is InChI=1S/C13H16BrClO3/c1-16-12-5-11(15)4-10(6-14)13(12)18-8-9-2-3-17-7-9/h4-5,9H,2-3,6-8H2,1H3. The highest BCUT2D eigenvalue weighted by molar-refractivity contribution is 9.08. The largest absolute Gasteiger partial charge is 0.493 e. The van der Waals surface area contributed by atoms with E-state index in [2.05, 4.69) is 15.9 Å². The van der Waals surface area contributed by atoms with Crippen LogP contribution < -0.4 is 9.47 Å². The molecule has 0 radical (unpaired) electrons. The summed E-state index contributed by atoms with van der Waals surface area (Å²) >= 11 is 9.47. The summed E-state index contributed by atoms with van der Waals surface area (Å²) in [5.74, 6) is 1.91. The second-order valence-corrected chi connectivity index (χ2v) is 5.27. The first kappa shape index (κ1) is 14.0. The highest BCUT2D eigenvalue weighted by Gasteiger charge is 2.19. The minimum Gasteiger partial charge on any atom is -0.493 e. The molecule has 1 fully saturated rings. The number of benzene rings is 1. The van der Waals surface area contributed by atoms with Crippen LogP contribution in [-0.2, 0) is 10.1 Å². The first-order valence-electron chi connectivity index (χ1n) is 5.87. The Hall–Kier alpha value is -0.450. The van der Waals surface area contributed by atoms with Gasteiger partial charge in [0.15, 0.2) is 11.5 Å². The summed E-state index contributed by atoms with van der Waals surface area (Å²) in [6.07, 6.45) is 1.06. The fourth-order valence-corrected chi connectivity index (χ4v) is 2.60. The summed E-state index contributed by atoms with van der Waals surface area (Å²) in [6.45, 7) is 2.26. The molecule has 0 aliphatic carbocycles. The lowest BCUT2D eigenvalue weighted by Crippen LogP contribution is -2.13. The van der Waals surface area contributed by atoms with E-state index in [-0.39, 0.29) is 0 Å². The third kappa shape index (κ3) is 3.31. The van der Waals surface area contributed by atoms with Gasteiger partial charge in [0.1, 0.15) is 0 Å². The number of methoxy groups -OCH3 is 1. The number of alkyl halides is 1. The van der Waals surface area contributed by atoms with Gasteiger partial charge in [0, 0.05) is 34.5 Å². The minimum atomic E-state index is 0.466. The fraction of sp³-hybridized carbons (Fsp3) is 0.538. The molecule has 0 amide bonds. The van der Waals surface area contributed by atoms with Crippen LogP contribution in [0.25, 0.3) is 0 Å². The van der Waals surface area contributed by atoms with Crippen LogP contribution >= 0.6 is 27.5 Å². The molecule has 3 nitrogen and oxygen atoms in total. The number of ether oxygens (including phenoxy) is 3. The third-order valence-corrected chi connectivity index (χ3v) is 3.77. The van der Waals surface area contributed by atoms with Crippen LogP contribution in [0.3, 0.4) is 0 Å². The summed E-state index contributed by atoms with van der Waals surface area (Å²) < 4.78 is 16.6. The topological polar surface area (TPSA) is 27.7 Å². The van der Waals surface area contributed by atoms with Gasteiger partial charge >= 0.3 is 0 Å². The lowest BCUT2D eigenvalue weighted by molar-refractivity contribution is 0.165. The zero-order valence-electron chi connectivity index (χ0n) is 10.2. The molecule has 0 saturated carbocycles. The molecule has 100 valence electrons. The second-order valence-electron chi connectivity index (χ2n) is 4.27. The van der Waals surface area contributed by atoms with Crippen molar-refractivity contribution in [1.29, 1.82) is 0 Å². The molecule has 1 aliphatic rings. The van der Waals surface area contributed by atoms with Gasteiger partial charge in [-0.05, 0) is 12.5 Å². The number of rotatable bonds is 5. The quantitative estimate of drug-likeness (QED) is 0.769. The molecule has 1 saturated heterocycles. The number of hydrogen-bond acceptors (Lipinski definition) is 3. The Morgan fingerprint density at radius 1 is 1.50 bits per heavy atom. The zero-order chi connectivity index (χ0) is 13.0. The van der Waals surface area contributed by atoms with Crippen molar-refractivity contribution in [3.05, 3.63) is 22.7 Å².